The van der Waals surface area contributed by atoms with E-state index in [1.54, 1.807) is 18.2 Å². The quantitative estimate of drug-likeness (QED) is 0.568. The lowest BCUT2D eigenvalue weighted by Crippen LogP contribution is -2.39. The van der Waals surface area contributed by atoms with Crippen LogP contribution in [0.25, 0.3) is 22.6 Å². The number of aromatic amines is 1. The van der Waals surface area contributed by atoms with E-state index in [2.05, 4.69) is 19.9 Å². The Morgan fingerprint density at radius 3 is 2.48 bits per heavy atom. The third-order valence-corrected chi connectivity index (χ3v) is 5.69. The lowest BCUT2D eigenvalue weighted by atomic mass is 9.94. The van der Waals surface area contributed by atoms with E-state index >= 15 is 0 Å². The predicted molar refractivity (Wildman–Crippen MR) is 108 cm³/mol. The molecule has 2 aromatic heterocycles. The Hall–Kier alpha value is -2.73. The molecule has 1 aliphatic heterocycles. The molecule has 11 heteroatoms. The van der Waals surface area contributed by atoms with Crippen molar-refractivity contribution in [2.75, 3.05) is 26.1 Å². The van der Waals surface area contributed by atoms with Gasteiger partial charge in [-0.3, -0.25) is 0 Å². The van der Waals surface area contributed by atoms with Crippen LogP contribution in [-0.4, -0.2) is 59.5 Å². The second-order valence-corrected chi connectivity index (χ2v) is 9.68. The normalized spacial score (nSPS) is 21.9. The Labute approximate surface area is 178 Å². The molecule has 3 heterocycles. The fraction of sp³-hybridized carbons (Fsp3) is 0.350. The van der Waals surface area contributed by atoms with Crippen molar-refractivity contribution in [1.82, 2.24) is 19.9 Å². The largest absolute Gasteiger partial charge is 0.396 e. The van der Waals surface area contributed by atoms with Gasteiger partial charge < -0.3 is 19.6 Å². The van der Waals surface area contributed by atoms with Gasteiger partial charge in [0.2, 0.25) is 21.3 Å². The molecule has 0 spiro atoms. The molecule has 1 saturated heterocycles. The van der Waals surface area contributed by atoms with Crippen LogP contribution in [0.2, 0.25) is 0 Å². The number of nitrogens with zero attached hydrogens (tertiary/aromatic N) is 3. The van der Waals surface area contributed by atoms with Crippen molar-refractivity contribution in [1.29, 1.82) is 0 Å². The zero-order chi connectivity index (χ0) is 22.2. The highest BCUT2D eigenvalue weighted by atomic mass is 32.2. The van der Waals surface area contributed by atoms with Gasteiger partial charge in [-0.2, -0.15) is 0 Å². The van der Waals surface area contributed by atoms with E-state index in [0.29, 0.717) is 28.5 Å². The molecule has 0 aliphatic carbocycles. The highest BCUT2D eigenvalue weighted by molar-refractivity contribution is 7.90. The molecule has 1 fully saturated rings. The molecule has 1 aliphatic rings. The van der Waals surface area contributed by atoms with E-state index in [0.717, 1.165) is 6.26 Å². The summed E-state index contributed by atoms with van der Waals surface area (Å²) in [6.07, 6.45) is 1.55. The van der Waals surface area contributed by atoms with E-state index in [1.807, 2.05) is 6.92 Å². The van der Waals surface area contributed by atoms with Gasteiger partial charge in [0.15, 0.2) is 5.82 Å². The molecule has 164 valence electrons. The molecule has 9 nitrogen and oxygen atoms in total. The number of H-pyrrole nitrogens is 1. The van der Waals surface area contributed by atoms with Crippen LogP contribution in [0.5, 0.6) is 0 Å². The van der Waals surface area contributed by atoms with Crippen molar-refractivity contribution in [3.8, 4) is 22.6 Å². The summed E-state index contributed by atoms with van der Waals surface area (Å²) in [4.78, 5) is 15.6. The van der Waals surface area contributed by atoms with Gasteiger partial charge in [-0.15, -0.1) is 0 Å². The first-order valence-corrected chi connectivity index (χ1v) is 11.3. The summed E-state index contributed by atoms with van der Waals surface area (Å²) >= 11 is 0. The number of aliphatic hydroxyl groups is 1. The summed E-state index contributed by atoms with van der Waals surface area (Å²) in [6, 6.07) is 7.27. The number of aromatic nitrogens is 4. The number of aliphatic hydroxyl groups excluding tert-OH is 1. The number of hydrogen-bond acceptors (Lipinski definition) is 8. The fourth-order valence-electron chi connectivity index (χ4n) is 3.06. The van der Waals surface area contributed by atoms with Crippen molar-refractivity contribution in [3.63, 3.8) is 0 Å². The van der Waals surface area contributed by atoms with Gasteiger partial charge in [0, 0.05) is 23.4 Å². The van der Waals surface area contributed by atoms with Crippen LogP contribution >= 0.6 is 0 Å². The molecule has 3 aromatic rings. The zero-order valence-electron chi connectivity index (χ0n) is 16.9. The summed E-state index contributed by atoms with van der Waals surface area (Å²) in [5.41, 5.74) is 1.22. The van der Waals surface area contributed by atoms with Gasteiger partial charge in [-0.25, -0.2) is 27.8 Å². The van der Waals surface area contributed by atoms with Crippen LogP contribution in [0.15, 0.2) is 41.7 Å². The van der Waals surface area contributed by atoms with E-state index < -0.39 is 27.4 Å². The van der Waals surface area contributed by atoms with Crippen molar-refractivity contribution in [2.45, 2.75) is 18.4 Å². The first kappa shape index (κ1) is 21.5. The van der Waals surface area contributed by atoms with Gasteiger partial charge in [0.25, 0.3) is 0 Å². The Kier molecular flexibility index (Phi) is 5.60. The van der Waals surface area contributed by atoms with Crippen molar-refractivity contribution < 1.29 is 27.4 Å². The van der Waals surface area contributed by atoms with Gasteiger partial charge in [-0.1, -0.05) is 6.92 Å². The maximum Gasteiger partial charge on any atom is 0.247 e. The molecule has 0 unspecified atom stereocenters. The average Bonchev–Trinajstić information content (AvgIpc) is 3.20. The summed E-state index contributed by atoms with van der Waals surface area (Å²) in [5.74, 6) is -0.0569. The molecule has 1 aromatic carbocycles. The van der Waals surface area contributed by atoms with Gasteiger partial charge in [0.05, 0.1) is 36.9 Å². The number of ether oxygens (including phenoxy) is 2. The Morgan fingerprint density at radius 2 is 1.87 bits per heavy atom. The maximum absolute atomic E-state index is 13.4. The minimum Gasteiger partial charge on any atom is -0.396 e. The number of rotatable bonds is 5. The molecule has 0 saturated carbocycles. The van der Waals surface area contributed by atoms with Crippen LogP contribution in [0, 0.1) is 11.2 Å². The molecule has 0 bridgehead atoms. The van der Waals surface area contributed by atoms with Crippen LogP contribution in [0.3, 0.4) is 0 Å². The minimum atomic E-state index is -3.63. The minimum absolute atomic E-state index is 0.0842. The van der Waals surface area contributed by atoms with Gasteiger partial charge in [-0.05, 0) is 30.3 Å². The monoisotopic (exact) mass is 448 g/mol. The van der Waals surface area contributed by atoms with Gasteiger partial charge in [0.1, 0.15) is 5.82 Å². The van der Waals surface area contributed by atoms with Crippen molar-refractivity contribution in [3.05, 3.63) is 48.2 Å². The molecule has 0 radical (unpaired) electrons. The molecular weight excluding hydrogens is 427 g/mol. The summed E-state index contributed by atoms with van der Waals surface area (Å²) in [6.45, 7) is 2.29. The molecule has 0 amide bonds. The lowest BCUT2D eigenvalue weighted by Gasteiger charge is -2.35. The number of sulfone groups is 1. The van der Waals surface area contributed by atoms with Crippen LogP contribution in [-0.2, 0) is 19.3 Å². The first-order valence-electron chi connectivity index (χ1n) is 9.42. The van der Waals surface area contributed by atoms with E-state index in [-0.39, 0.29) is 25.0 Å². The molecule has 4 rings (SSSR count). The third-order valence-electron chi connectivity index (χ3n) is 4.83. The fourth-order valence-corrected chi connectivity index (χ4v) is 3.57. The van der Waals surface area contributed by atoms with Crippen LogP contribution in [0.4, 0.5) is 4.39 Å². The van der Waals surface area contributed by atoms with Crippen molar-refractivity contribution in [2.24, 2.45) is 5.41 Å². The van der Waals surface area contributed by atoms with Crippen LogP contribution in [0.1, 0.15) is 19.0 Å². The smallest absolute Gasteiger partial charge is 0.247 e. The SMILES string of the molecule is CC1(CO)COC(c2nc(-c3ccc(F)cc3)c(-c3ccnc(S(C)(=O)=O)n3)[nH]2)OC1. The highest BCUT2D eigenvalue weighted by Gasteiger charge is 2.34. The number of nitrogens with one attached hydrogen (secondary N) is 1. The number of hydrogen-bond donors (Lipinski definition) is 2. The Balaban J connectivity index is 1.78. The topological polar surface area (TPSA) is 127 Å². The second-order valence-electron chi connectivity index (χ2n) is 7.77. The molecule has 0 atom stereocenters. The van der Waals surface area contributed by atoms with Crippen molar-refractivity contribution >= 4 is 9.84 Å². The lowest BCUT2D eigenvalue weighted by molar-refractivity contribution is -0.239. The summed E-state index contributed by atoms with van der Waals surface area (Å²) in [5, 5.41) is 9.17. The highest BCUT2D eigenvalue weighted by Crippen LogP contribution is 2.35. The van der Waals surface area contributed by atoms with Crippen LogP contribution < -0.4 is 0 Å². The van der Waals surface area contributed by atoms with E-state index in [9.17, 15) is 17.9 Å². The molecular formula is C20H21FN4O5S. The van der Waals surface area contributed by atoms with E-state index in [1.165, 1.54) is 18.3 Å². The average molecular weight is 448 g/mol. The predicted octanol–water partition coefficient (Wildman–Crippen LogP) is 2.12. The number of imidazole rings is 1. The van der Waals surface area contributed by atoms with Gasteiger partial charge >= 0.3 is 0 Å². The molecule has 31 heavy (non-hydrogen) atoms. The second kappa shape index (κ2) is 8.08. The standard InChI is InChI=1S/C20H21FN4O5S/c1-20(9-26)10-29-18(30-11-20)17-24-15(12-3-5-13(21)6-4-12)16(25-17)14-7-8-22-19(23-14)31(2,27)28/h3-8,18,26H,9-11H2,1-2H3,(H,24,25). The number of benzene rings is 1. The summed E-state index contributed by atoms with van der Waals surface area (Å²) < 4.78 is 48.7. The first-order chi connectivity index (χ1) is 14.7. The Morgan fingerprint density at radius 1 is 1.19 bits per heavy atom. The maximum atomic E-state index is 13.4. The number of halogens is 1. The summed E-state index contributed by atoms with van der Waals surface area (Å²) in [7, 11) is -3.63. The third kappa shape index (κ3) is 4.49. The zero-order valence-corrected chi connectivity index (χ0v) is 17.7. The molecule has 2 N–H and O–H groups in total. The van der Waals surface area contributed by atoms with E-state index in [4.69, 9.17) is 9.47 Å². The Bertz CT molecular complexity index is 1190.